The summed E-state index contributed by atoms with van der Waals surface area (Å²) in [6, 6.07) is 72.0. The lowest BCUT2D eigenvalue weighted by Gasteiger charge is -2.17. The molecule has 10 rings (SSSR count). The Morgan fingerprint density at radius 1 is 0.452 bits per heavy atom. The standard InChI is InChI=1S/C58H45N3O/c1-39(2)33-40-25-30-54(52(34-40)45-19-10-5-11-20-45)61-55-23-14-22-50(57(55)60-58(61)51-21-12-13-24-56(51)62)48-35-47(42-17-8-4-9-18-42)36-49(37-48)53-38-46(31-32-59-53)44-28-26-43(27-29-44)41-15-6-3-7-16-41/h3-32,34-39,62H,33H2,1-2H3. The molecule has 0 saturated carbocycles. The Labute approximate surface area is 363 Å². The SMILES string of the molecule is CC(C)Cc1ccc(-n2c(-c3ccccc3O)nc3c(-c4cc(-c5ccccc5)cc(-c5cc(-c6ccc(-c7ccccc7)cc6)ccn5)c4)cccc32)c(-c2ccccc2)c1. The summed E-state index contributed by atoms with van der Waals surface area (Å²) < 4.78 is 2.23. The highest BCUT2D eigenvalue weighted by Gasteiger charge is 2.23. The average molecular weight is 800 g/mol. The third-order valence-corrected chi connectivity index (χ3v) is 11.6. The van der Waals surface area contributed by atoms with E-state index in [1.807, 2.05) is 30.5 Å². The summed E-state index contributed by atoms with van der Waals surface area (Å²) in [7, 11) is 0. The van der Waals surface area contributed by atoms with Gasteiger partial charge in [0.1, 0.15) is 11.6 Å². The third-order valence-electron chi connectivity index (χ3n) is 11.6. The zero-order valence-electron chi connectivity index (χ0n) is 34.8. The molecule has 0 aliphatic heterocycles. The molecule has 0 spiro atoms. The van der Waals surface area contributed by atoms with Crippen molar-refractivity contribution in [2.45, 2.75) is 20.3 Å². The number of phenolic OH excluding ortho intramolecular Hbond substituents is 1. The smallest absolute Gasteiger partial charge is 0.149 e. The molecular weight excluding hydrogens is 755 g/mol. The number of fused-ring (bicyclic) bond motifs is 1. The zero-order chi connectivity index (χ0) is 42.0. The Morgan fingerprint density at radius 3 is 1.73 bits per heavy atom. The van der Waals surface area contributed by atoms with E-state index in [9.17, 15) is 5.11 Å². The number of aromatic nitrogens is 3. The van der Waals surface area contributed by atoms with Crippen LogP contribution < -0.4 is 0 Å². The zero-order valence-corrected chi connectivity index (χ0v) is 34.8. The van der Waals surface area contributed by atoms with E-state index in [1.165, 1.54) is 16.7 Å². The quantitative estimate of drug-likeness (QED) is 0.150. The lowest BCUT2D eigenvalue weighted by molar-refractivity contribution is 0.477. The van der Waals surface area contributed by atoms with Gasteiger partial charge in [-0.3, -0.25) is 9.55 Å². The summed E-state index contributed by atoms with van der Waals surface area (Å²) in [5.41, 5.74) is 17.7. The summed E-state index contributed by atoms with van der Waals surface area (Å²) in [5, 5.41) is 11.4. The van der Waals surface area contributed by atoms with Gasteiger partial charge in [0.2, 0.25) is 0 Å². The molecule has 4 heteroatoms. The summed E-state index contributed by atoms with van der Waals surface area (Å²) in [6.45, 7) is 4.51. The van der Waals surface area contributed by atoms with E-state index < -0.39 is 0 Å². The van der Waals surface area contributed by atoms with Gasteiger partial charge in [-0.05, 0) is 123 Å². The first kappa shape index (κ1) is 38.4. The fraction of sp³-hybridized carbons (Fsp3) is 0.0690. The number of pyridine rings is 1. The van der Waals surface area contributed by atoms with Crippen LogP contribution in [0.15, 0.2) is 212 Å². The van der Waals surface area contributed by atoms with Crippen molar-refractivity contribution in [3.05, 3.63) is 218 Å². The molecule has 1 N–H and O–H groups in total. The van der Waals surface area contributed by atoms with Crippen LogP contribution in [0.4, 0.5) is 0 Å². The Kier molecular flexibility index (Phi) is 10.3. The van der Waals surface area contributed by atoms with E-state index in [0.29, 0.717) is 17.3 Å². The van der Waals surface area contributed by atoms with E-state index in [0.717, 1.165) is 78.9 Å². The number of hydrogen-bond acceptors (Lipinski definition) is 3. The van der Waals surface area contributed by atoms with Crippen LogP contribution in [0, 0.1) is 5.92 Å². The van der Waals surface area contributed by atoms with Gasteiger partial charge < -0.3 is 5.11 Å². The van der Waals surface area contributed by atoms with Crippen LogP contribution in [0.2, 0.25) is 0 Å². The number of imidazole rings is 1. The topological polar surface area (TPSA) is 50.9 Å². The molecule has 62 heavy (non-hydrogen) atoms. The van der Waals surface area contributed by atoms with E-state index in [4.69, 9.17) is 9.97 Å². The van der Waals surface area contributed by atoms with Crippen LogP contribution in [0.25, 0.3) is 95.0 Å². The maximum atomic E-state index is 11.4. The van der Waals surface area contributed by atoms with Gasteiger partial charge in [0, 0.05) is 22.9 Å². The molecule has 0 saturated heterocycles. The number of hydrogen-bond donors (Lipinski definition) is 1. The minimum atomic E-state index is 0.178. The Balaban J connectivity index is 1.16. The molecule has 0 radical (unpaired) electrons. The predicted molar refractivity (Wildman–Crippen MR) is 257 cm³/mol. The van der Waals surface area contributed by atoms with Gasteiger partial charge in [-0.1, -0.05) is 159 Å². The highest BCUT2D eigenvalue weighted by Crippen LogP contribution is 2.42. The van der Waals surface area contributed by atoms with Gasteiger partial charge in [-0.25, -0.2) is 4.98 Å². The van der Waals surface area contributed by atoms with Gasteiger partial charge in [0.15, 0.2) is 0 Å². The predicted octanol–water partition coefficient (Wildman–Crippen LogP) is 15.0. The fourth-order valence-corrected chi connectivity index (χ4v) is 8.63. The molecule has 298 valence electrons. The molecule has 8 aromatic carbocycles. The highest BCUT2D eigenvalue weighted by molar-refractivity contribution is 5.98. The van der Waals surface area contributed by atoms with Gasteiger partial charge >= 0.3 is 0 Å². The van der Waals surface area contributed by atoms with E-state index in [2.05, 4.69) is 194 Å². The number of aromatic hydroxyl groups is 1. The Morgan fingerprint density at radius 2 is 1.03 bits per heavy atom. The van der Waals surface area contributed by atoms with Gasteiger partial charge in [0.25, 0.3) is 0 Å². The summed E-state index contributed by atoms with van der Waals surface area (Å²) in [6.07, 6.45) is 2.88. The van der Waals surface area contributed by atoms with Crippen molar-refractivity contribution in [3.63, 3.8) is 0 Å². The molecule has 0 aliphatic carbocycles. The summed E-state index contributed by atoms with van der Waals surface area (Å²) >= 11 is 0. The van der Waals surface area contributed by atoms with Crippen molar-refractivity contribution in [2.75, 3.05) is 0 Å². The largest absolute Gasteiger partial charge is 0.507 e. The fourth-order valence-electron chi connectivity index (χ4n) is 8.63. The first-order chi connectivity index (χ1) is 30.5. The summed E-state index contributed by atoms with van der Waals surface area (Å²) in [5.74, 6) is 1.36. The van der Waals surface area contributed by atoms with Gasteiger partial charge in [-0.15, -0.1) is 0 Å². The van der Waals surface area contributed by atoms with E-state index in [1.54, 1.807) is 6.07 Å². The lowest BCUT2D eigenvalue weighted by atomic mass is 9.93. The van der Waals surface area contributed by atoms with Gasteiger partial charge in [0.05, 0.1) is 28.0 Å². The third kappa shape index (κ3) is 7.59. The molecule has 0 unspecified atom stereocenters. The van der Waals surface area contributed by atoms with E-state index >= 15 is 0 Å². The van der Waals surface area contributed by atoms with E-state index in [-0.39, 0.29) is 5.75 Å². The first-order valence-corrected chi connectivity index (χ1v) is 21.3. The second-order valence-electron chi connectivity index (χ2n) is 16.3. The maximum Gasteiger partial charge on any atom is 0.149 e. The second kappa shape index (κ2) is 16.7. The van der Waals surface area contributed by atoms with Crippen LogP contribution in [-0.4, -0.2) is 19.6 Å². The van der Waals surface area contributed by atoms with Crippen molar-refractivity contribution in [3.8, 4) is 89.7 Å². The van der Waals surface area contributed by atoms with Crippen LogP contribution in [0.3, 0.4) is 0 Å². The number of para-hydroxylation sites is 2. The lowest BCUT2D eigenvalue weighted by Crippen LogP contribution is -2.02. The molecule has 0 amide bonds. The van der Waals surface area contributed by atoms with Crippen LogP contribution in [0.1, 0.15) is 19.4 Å². The Bertz CT molecular complexity index is 3170. The van der Waals surface area contributed by atoms with Crippen molar-refractivity contribution in [1.29, 1.82) is 0 Å². The van der Waals surface area contributed by atoms with Crippen LogP contribution in [-0.2, 0) is 6.42 Å². The molecule has 0 fully saturated rings. The molecular formula is C58H45N3O. The summed E-state index contributed by atoms with van der Waals surface area (Å²) in [4.78, 5) is 10.4. The minimum Gasteiger partial charge on any atom is -0.507 e. The molecule has 2 heterocycles. The molecule has 4 nitrogen and oxygen atoms in total. The molecule has 0 bridgehead atoms. The number of nitrogens with zero attached hydrogens (tertiary/aromatic N) is 3. The van der Waals surface area contributed by atoms with Crippen molar-refractivity contribution >= 4 is 11.0 Å². The molecule has 0 aliphatic rings. The highest BCUT2D eigenvalue weighted by atomic mass is 16.3. The molecule has 0 atom stereocenters. The maximum absolute atomic E-state index is 11.4. The minimum absolute atomic E-state index is 0.178. The van der Waals surface area contributed by atoms with Crippen molar-refractivity contribution in [2.24, 2.45) is 5.92 Å². The van der Waals surface area contributed by atoms with Crippen LogP contribution in [0.5, 0.6) is 5.75 Å². The number of rotatable bonds is 10. The molecule has 2 aromatic heterocycles. The van der Waals surface area contributed by atoms with Crippen LogP contribution >= 0.6 is 0 Å². The van der Waals surface area contributed by atoms with Crippen molar-refractivity contribution < 1.29 is 5.11 Å². The van der Waals surface area contributed by atoms with Gasteiger partial charge in [-0.2, -0.15) is 0 Å². The monoisotopic (exact) mass is 799 g/mol. The second-order valence-corrected chi connectivity index (χ2v) is 16.3. The molecule has 10 aromatic rings. The average Bonchev–Trinajstić information content (AvgIpc) is 3.72. The number of phenols is 1. The normalized spacial score (nSPS) is 11.3. The first-order valence-electron chi connectivity index (χ1n) is 21.3. The van der Waals surface area contributed by atoms with Crippen molar-refractivity contribution in [1.82, 2.24) is 14.5 Å². The number of benzene rings is 8. The Hall–Kier alpha value is -7.82.